The molecule has 1 atom stereocenters. The van der Waals surface area contributed by atoms with Crippen molar-refractivity contribution in [3.8, 4) is 0 Å². The summed E-state index contributed by atoms with van der Waals surface area (Å²) < 4.78 is 7.60. The molecule has 0 saturated carbocycles. The third kappa shape index (κ3) is 4.46. The van der Waals surface area contributed by atoms with Gasteiger partial charge < -0.3 is 9.64 Å². The molecule has 0 spiro atoms. The van der Waals surface area contributed by atoms with Crippen molar-refractivity contribution in [1.82, 2.24) is 19.7 Å². The normalized spacial score (nSPS) is 17.0. The number of benzene rings is 2. The first-order chi connectivity index (χ1) is 13.8. The lowest BCUT2D eigenvalue weighted by molar-refractivity contribution is -0.139. The Kier molecular flexibility index (Phi) is 5.77. The topological polar surface area (TPSA) is 60.2 Å². The predicted molar refractivity (Wildman–Crippen MR) is 106 cm³/mol. The average molecular weight is 376 g/mol. The number of rotatable bonds is 6. The van der Waals surface area contributed by atoms with Gasteiger partial charge in [0.05, 0.1) is 12.7 Å². The van der Waals surface area contributed by atoms with Crippen LogP contribution >= 0.6 is 0 Å². The fraction of sp³-hybridized carbons (Fsp3) is 0.318. The van der Waals surface area contributed by atoms with Crippen LogP contribution in [0.3, 0.4) is 0 Å². The molecule has 0 bridgehead atoms. The molecule has 2 aromatic carbocycles. The number of carbonyl (C=O) groups is 1. The molecule has 1 saturated heterocycles. The average Bonchev–Trinajstić information content (AvgIpc) is 3.26. The summed E-state index contributed by atoms with van der Waals surface area (Å²) in [7, 11) is 0. The van der Waals surface area contributed by atoms with Crippen LogP contribution < -0.4 is 0 Å². The highest BCUT2D eigenvalue weighted by Crippen LogP contribution is 2.30. The Bertz CT molecular complexity index is 829. The van der Waals surface area contributed by atoms with Crippen molar-refractivity contribution >= 4 is 5.91 Å². The maximum atomic E-state index is 12.6. The van der Waals surface area contributed by atoms with Crippen LogP contribution in [-0.2, 0) is 16.1 Å². The quantitative estimate of drug-likeness (QED) is 0.664. The maximum Gasteiger partial charge on any atom is 0.244 e. The molecule has 1 fully saturated rings. The van der Waals surface area contributed by atoms with E-state index in [0.717, 1.165) is 6.42 Å². The third-order valence-electron chi connectivity index (χ3n) is 5.16. The zero-order valence-corrected chi connectivity index (χ0v) is 15.7. The SMILES string of the molecule is O=C(Cn1cncn1)N1CCOC(CC(c2ccccc2)c2ccccc2)C1. The summed E-state index contributed by atoms with van der Waals surface area (Å²) in [6.45, 7) is 1.99. The van der Waals surface area contributed by atoms with E-state index in [1.807, 2.05) is 17.0 Å². The smallest absolute Gasteiger partial charge is 0.244 e. The van der Waals surface area contributed by atoms with Gasteiger partial charge in [-0.15, -0.1) is 0 Å². The molecule has 6 heteroatoms. The Hall–Kier alpha value is -2.99. The number of aromatic nitrogens is 3. The first-order valence-electron chi connectivity index (χ1n) is 9.61. The van der Waals surface area contributed by atoms with Gasteiger partial charge in [0.2, 0.25) is 5.91 Å². The Morgan fingerprint density at radius 1 is 1.07 bits per heavy atom. The first kappa shape index (κ1) is 18.4. The zero-order valence-electron chi connectivity index (χ0n) is 15.7. The van der Waals surface area contributed by atoms with Gasteiger partial charge in [-0.05, 0) is 17.5 Å². The van der Waals surface area contributed by atoms with Crippen LogP contribution in [0.2, 0.25) is 0 Å². The summed E-state index contributed by atoms with van der Waals surface area (Å²) in [6.07, 6.45) is 3.84. The lowest BCUT2D eigenvalue weighted by Crippen LogP contribution is -2.47. The van der Waals surface area contributed by atoms with E-state index in [-0.39, 0.29) is 24.5 Å². The minimum atomic E-state index is -0.00106. The minimum absolute atomic E-state index is 0.00106. The second kappa shape index (κ2) is 8.80. The summed E-state index contributed by atoms with van der Waals surface area (Å²) in [4.78, 5) is 18.4. The Morgan fingerprint density at radius 3 is 2.36 bits per heavy atom. The van der Waals surface area contributed by atoms with Gasteiger partial charge in [-0.3, -0.25) is 4.79 Å². The lowest BCUT2D eigenvalue weighted by Gasteiger charge is -2.35. The van der Waals surface area contributed by atoms with E-state index in [0.29, 0.717) is 19.7 Å². The van der Waals surface area contributed by atoms with E-state index < -0.39 is 0 Å². The van der Waals surface area contributed by atoms with Crippen LogP contribution in [0.25, 0.3) is 0 Å². The summed E-state index contributed by atoms with van der Waals surface area (Å²) in [5, 5.41) is 4.02. The van der Waals surface area contributed by atoms with Crippen LogP contribution in [0.15, 0.2) is 73.3 Å². The van der Waals surface area contributed by atoms with Gasteiger partial charge in [-0.2, -0.15) is 5.10 Å². The van der Waals surface area contributed by atoms with Gasteiger partial charge >= 0.3 is 0 Å². The van der Waals surface area contributed by atoms with Crippen LogP contribution in [0.1, 0.15) is 23.5 Å². The highest BCUT2D eigenvalue weighted by molar-refractivity contribution is 5.76. The van der Waals surface area contributed by atoms with Gasteiger partial charge in [0.25, 0.3) is 0 Å². The Labute approximate surface area is 164 Å². The number of nitrogens with zero attached hydrogens (tertiary/aromatic N) is 4. The Morgan fingerprint density at radius 2 is 1.75 bits per heavy atom. The van der Waals surface area contributed by atoms with Crippen LogP contribution in [-0.4, -0.2) is 51.4 Å². The first-order valence-corrected chi connectivity index (χ1v) is 9.61. The Balaban J connectivity index is 1.46. The molecule has 2 heterocycles. The standard InChI is InChI=1S/C22H24N4O2/c27-22(15-26-17-23-16-24-26)25-11-12-28-20(14-25)13-21(18-7-3-1-4-8-18)19-9-5-2-6-10-19/h1-10,16-17,20-21H,11-15H2. The monoisotopic (exact) mass is 376 g/mol. The summed E-state index contributed by atoms with van der Waals surface area (Å²) in [6, 6.07) is 21.0. The van der Waals surface area contributed by atoms with E-state index in [1.165, 1.54) is 17.5 Å². The van der Waals surface area contributed by atoms with Crippen molar-refractivity contribution in [3.63, 3.8) is 0 Å². The molecular formula is C22H24N4O2. The summed E-state index contributed by atoms with van der Waals surface area (Å²) >= 11 is 0. The van der Waals surface area contributed by atoms with E-state index in [4.69, 9.17) is 4.74 Å². The van der Waals surface area contributed by atoms with Crippen molar-refractivity contribution in [2.45, 2.75) is 25.0 Å². The molecule has 3 aromatic rings. The zero-order chi connectivity index (χ0) is 19.2. The molecule has 1 aliphatic heterocycles. The summed E-state index contributed by atoms with van der Waals surface area (Å²) in [5.74, 6) is 0.285. The predicted octanol–water partition coefficient (Wildman–Crippen LogP) is 2.73. The van der Waals surface area contributed by atoms with E-state index in [1.54, 1.807) is 11.0 Å². The molecule has 28 heavy (non-hydrogen) atoms. The van der Waals surface area contributed by atoms with E-state index in [2.05, 4.69) is 58.6 Å². The van der Waals surface area contributed by atoms with Crippen molar-refractivity contribution < 1.29 is 9.53 Å². The minimum Gasteiger partial charge on any atom is -0.375 e. The molecule has 0 aliphatic carbocycles. The van der Waals surface area contributed by atoms with Gasteiger partial charge in [0, 0.05) is 19.0 Å². The number of ether oxygens (including phenoxy) is 1. The maximum absolute atomic E-state index is 12.6. The van der Waals surface area contributed by atoms with Crippen molar-refractivity contribution in [1.29, 1.82) is 0 Å². The van der Waals surface area contributed by atoms with Gasteiger partial charge in [0.15, 0.2) is 0 Å². The number of carbonyl (C=O) groups excluding carboxylic acids is 1. The molecule has 4 rings (SSSR count). The van der Waals surface area contributed by atoms with Crippen LogP contribution in [0.4, 0.5) is 0 Å². The number of hydrogen-bond donors (Lipinski definition) is 0. The third-order valence-corrected chi connectivity index (χ3v) is 5.16. The molecule has 1 aliphatic rings. The lowest BCUT2D eigenvalue weighted by atomic mass is 9.86. The van der Waals surface area contributed by atoms with Crippen LogP contribution in [0.5, 0.6) is 0 Å². The molecule has 0 N–H and O–H groups in total. The second-order valence-corrected chi connectivity index (χ2v) is 7.04. The number of morpholine rings is 1. The molecule has 144 valence electrons. The van der Waals surface area contributed by atoms with Gasteiger partial charge in [-0.1, -0.05) is 60.7 Å². The van der Waals surface area contributed by atoms with Crippen molar-refractivity contribution in [3.05, 3.63) is 84.4 Å². The second-order valence-electron chi connectivity index (χ2n) is 7.04. The summed E-state index contributed by atoms with van der Waals surface area (Å²) in [5.41, 5.74) is 2.53. The molecular weight excluding hydrogens is 352 g/mol. The largest absolute Gasteiger partial charge is 0.375 e. The van der Waals surface area contributed by atoms with Crippen molar-refractivity contribution in [2.75, 3.05) is 19.7 Å². The number of hydrogen-bond acceptors (Lipinski definition) is 4. The fourth-order valence-corrected chi connectivity index (χ4v) is 3.74. The van der Waals surface area contributed by atoms with E-state index >= 15 is 0 Å². The molecule has 1 amide bonds. The molecule has 1 aromatic heterocycles. The highest BCUT2D eigenvalue weighted by Gasteiger charge is 2.28. The fourth-order valence-electron chi connectivity index (χ4n) is 3.74. The van der Waals surface area contributed by atoms with Crippen molar-refractivity contribution in [2.24, 2.45) is 0 Å². The molecule has 1 unspecified atom stereocenters. The van der Waals surface area contributed by atoms with E-state index in [9.17, 15) is 4.79 Å². The van der Waals surface area contributed by atoms with Gasteiger partial charge in [0.1, 0.15) is 19.2 Å². The molecule has 0 radical (unpaired) electrons. The van der Waals surface area contributed by atoms with Crippen LogP contribution in [0, 0.1) is 0 Å². The number of amides is 1. The molecule has 6 nitrogen and oxygen atoms in total. The van der Waals surface area contributed by atoms with Gasteiger partial charge in [-0.25, -0.2) is 9.67 Å². The highest BCUT2D eigenvalue weighted by atomic mass is 16.5.